The van der Waals surface area contributed by atoms with E-state index in [1.807, 2.05) is 24.3 Å². The highest BCUT2D eigenvalue weighted by Gasteiger charge is 2.30. The third kappa shape index (κ3) is 3.06. The van der Waals surface area contributed by atoms with Crippen molar-refractivity contribution in [3.63, 3.8) is 0 Å². The van der Waals surface area contributed by atoms with Gasteiger partial charge in [0.15, 0.2) is 11.0 Å². The quantitative estimate of drug-likeness (QED) is 0.392. The van der Waals surface area contributed by atoms with Gasteiger partial charge in [-0.05, 0) is 31.9 Å². The number of imidazole rings is 1. The number of H-pyrrole nitrogens is 1. The van der Waals surface area contributed by atoms with Gasteiger partial charge in [0, 0.05) is 12.5 Å². The van der Waals surface area contributed by atoms with Crippen LogP contribution < -0.4 is 0 Å². The lowest BCUT2D eigenvalue weighted by molar-refractivity contribution is 0.420. The normalized spacial score (nSPS) is 15.1. The third-order valence-corrected chi connectivity index (χ3v) is 5.35. The molecular formula is C18H18N6OS. The van der Waals surface area contributed by atoms with E-state index in [0.29, 0.717) is 11.7 Å². The molecule has 2 N–H and O–H groups in total. The van der Waals surface area contributed by atoms with Crippen LogP contribution in [0.25, 0.3) is 16.6 Å². The lowest BCUT2D eigenvalue weighted by Gasteiger charge is -2.06. The number of aliphatic hydroxyl groups is 1. The molecule has 0 saturated heterocycles. The Morgan fingerprint density at radius 3 is 2.88 bits per heavy atom. The van der Waals surface area contributed by atoms with Crippen LogP contribution in [0.15, 0.2) is 35.2 Å². The lowest BCUT2D eigenvalue weighted by Crippen LogP contribution is -2.03. The van der Waals surface area contributed by atoms with Crippen LogP contribution in [0.1, 0.15) is 37.3 Å². The number of thioether (sulfide) groups is 1. The average Bonchev–Trinajstić information content (AvgIpc) is 3.27. The Balaban J connectivity index is 1.57. The number of aromatic amines is 1. The minimum atomic E-state index is -0.0184. The zero-order valence-electron chi connectivity index (χ0n) is 14.3. The molecule has 0 unspecified atom stereocenters. The van der Waals surface area contributed by atoms with Crippen LogP contribution in [0, 0.1) is 11.3 Å². The Labute approximate surface area is 154 Å². The van der Waals surface area contributed by atoms with Gasteiger partial charge in [-0.25, -0.2) is 4.98 Å². The first-order chi connectivity index (χ1) is 12.7. The van der Waals surface area contributed by atoms with Gasteiger partial charge in [-0.2, -0.15) is 5.26 Å². The van der Waals surface area contributed by atoms with Gasteiger partial charge in [0.25, 0.3) is 0 Å². The van der Waals surface area contributed by atoms with Crippen LogP contribution in [0.4, 0.5) is 0 Å². The maximum absolute atomic E-state index is 10.5. The van der Waals surface area contributed by atoms with E-state index in [9.17, 15) is 10.4 Å². The van der Waals surface area contributed by atoms with E-state index in [4.69, 9.17) is 0 Å². The van der Waals surface area contributed by atoms with E-state index in [0.717, 1.165) is 28.6 Å². The molecule has 1 aliphatic carbocycles. The van der Waals surface area contributed by atoms with E-state index >= 15 is 0 Å². The third-order valence-electron chi connectivity index (χ3n) is 4.37. The number of allylic oxidation sites excluding steroid dienone is 1. The zero-order valence-corrected chi connectivity index (χ0v) is 15.1. The molecule has 8 heteroatoms. The van der Waals surface area contributed by atoms with Gasteiger partial charge in [-0.15, -0.1) is 10.2 Å². The Hall–Kier alpha value is -2.79. The van der Waals surface area contributed by atoms with Crippen molar-refractivity contribution in [1.82, 2.24) is 24.7 Å². The molecule has 4 rings (SSSR count). The van der Waals surface area contributed by atoms with Gasteiger partial charge >= 0.3 is 0 Å². The van der Waals surface area contributed by atoms with Crippen LogP contribution in [-0.2, 0) is 6.54 Å². The fourth-order valence-corrected chi connectivity index (χ4v) is 3.77. The minimum Gasteiger partial charge on any atom is -0.510 e. The molecule has 132 valence electrons. The van der Waals surface area contributed by atoms with Crippen molar-refractivity contribution in [3.8, 4) is 6.07 Å². The molecule has 1 aliphatic rings. The number of para-hydroxylation sites is 2. The number of nitriles is 1. The van der Waals surface area contributed by atoms with Crippen LogP contribution in [0.3, 0.4) is 0 Å². The number of nitrogens with one attached hydrogen (secondary N) is 1. The van der Waals surface area contributed by atoms with Crippen molar-refractivity contribution in [1.29, 1.82) is 5.26 Å². The summed E-state index contributed by atoms with van der Waals surface area (Å²) in [4.78, 5) is 7.47. The Morgan fingerprint density at radius 1 is 1.38 bits per heavy atom. The van der Waals surface area contributed by atoms with Gasteiger partial charge in [0.05, 0.1) is 16.8 Å². The predicted octanol–water partition coefficient (Wildman–Crippen LogP) is 3.64. The summed E-state index contributed by atoms with van der Waals surface area (Å²) < 4.78 is 2.09. The fourth-order valence-electron chi connectivity index (χ4n) is 2.88. The predicted molar refractivity (Wildman–Crippen MR) is 99.7 cm³/mol. The molecular weight excluding hydrogens is 348 g/mol. The molecule has 0 bridgehead atoms. The summed E-state index contributed by atoms with van der Waals surface area (Å²) in [7, 11) is 0. The van der Waals surface area contributed by atoms with Crippen molar-refractivity contribution in [2.45, 2.75) is 37.4 Å². The molecule has 1 saturated carbocycles. The summed E-state index contributed by atoms with van der Waals surface area (Å²) >= 11 is 1.38. The van der Waals surface area contributed by atoms with E-state index < -0.39 is 0 Å². The first-order valence-electron chi connectivity index (χ1n) is 8.54. The number of hydrogen-bond acceptors (Lipinski definition) is 6. The maximum atomic E-state index is 10.5. The number of aliphatic hydroxyl groups excluding tert-OH is 1. The van der Waals surface area contributed by atoms with Gasteiger partial charge in [0.2, 0.25) is 0 Å². The smallest absolute Gasteiger partial charge is 0.191 e. The average molecular weight is 366 g/mol. The summed E-state index contributed by atoms with van der Waals surface area (Å²) in [6, 6.07) is 9.58. The molecule has 0 spiro atoms. The molecule has 3 aromatic rings. The second-order valence-electron chi connectivity index (χ2n) is 6.18. The minimum absolute atomic E-state index is 0.0184. The monoisotopic (exact) mass is 366 g/mol. The summed E-state index contributed by atoms with van der Waals surface area (Å²) in [6.45, 7) is 2.85. The van der Waals surface area contributed by atoms with Crippen LogP contribution in [-0.4, -0.2) is 35.6 Å². The highest BCUT2D eigenvalue weighted by Crippen LogP contribution is 2.40. The number of fused-ring (bicyclic) bond motifs is 1. The molecule has 0 radical (unpaired) electrons. The molecule has 1 fully saturated rings. The molecule has 0 aliphatic heterocycles. The van der Waals surface area contributed by atoms with Crippen molar-refractivity contribution in [2.24, 2.45) is 0 Å². The van der Waals surface area contributed by atoms with Crippen LogP contribution in [0.2, 0.25) is 0 Å². The number of benzene rings is 1. The second-order valence-corrected chi connectivity index (χ2v) is 7.13. The Morgan fingerprint density at radius 2 is 2.19 bits per heavy atom. The highest BCUT2D eigenvalue weighted by atomic mass is 32.2. The van der Waals surface area contributed by atoms with Gasteiger partial charge in [-0.1, -0.05) is 23.9 Å². The summed E-state index contributed by atoms with van der Waals surface area (Å²) in [5, 5.41) is 29.3. The first-order valence-corrected chi connectivity index (χ1v) is 9.53. The van der Waals surface area contributed by atoms with Gasteiger partial charge in [-0.3, -0.25) is 0 Å². The summed E-state index contributed by atoms with van der Waals surface area (Å²) in [5.41, 5.74) is 1.74. The summed E-state index contributed by atoms with van der Waals surface area (Å²) in [5.74, 6) is 2.14. The molecule has 26 heavy (non-hydrogen) atoms. The number of aromatic nitrogens is 5. The van der Waals surface area contributed by atoms with Crippen LogP contribution >= 0.6 is 11.8 Å². The maximum Gasteiger partial charge on any atom is 0.191 e. The van der Waals surface area contributed by atoms with E-state index in [1.165, 1.54) is 24.6 Å². The molecule has 1 aromatic carbocycles. The Kier molecular flexibility index (Phi) is 4.39. The number of hydrogen-bond donors (Lipinski definition) is 2. The van der Waals surface area contributed by atoms with E-state index in [1.54, 1.807) is 0 Å². The largest absolute Gasteiger partial charge is 0.510 e. The molecule has 7 nitrogen and oxygen atoms in total. The number of rotatable bonds is 6. The molecule has 0 atom stereocenters. The van der Waals surface area contributed by atoms with Crippen LogP contribution in [0.5, 0.6) is 0 Å². The van der Waals surface area contributed by atoms with Crippen molar-refractivity contribution < 1.29 is 5.11 Å². The Bertz CT molecular complexity index is 991. The highest BCUT2D eigenvalue weighted by molar-refractivity contribution is 7.99. The first kappa shape index (κ1) is 16.7. The molecule has 2 heterocycles. The van der Waals surface area contributed by atoms with Crippen molar-refractivity contribution in [3.05, 3.63) is 41.7 Å². The van der Waals surface area contributed by atoms with E-state index in [-0.39, 0.29) is 17.1 Å². The standard InChI is InChI=1S/C18H18N6OS/c1-2-24-17(11-7-8-11)22-23-18(24)26-10-15(25)12(9-19)16-20-13-5-3-4-6-14(13)21-16/h3-6,11,25H,2,7-8,10H2,1H3,(H,20,21)/b15-12-. The van der Waals surface area contributed by atoms with Crippen molar-refractivity contribution in [2.75, 3.05) is 5.75 Å². The van der Waals surface area contributed by atoms with Crippen molar-refractivity contribution >= 4 is 28.4 Å². The number of nitrogens with zero attached hydrogens (tertiary/aromatic N) is 5. The molecule has 0 amide bonds. The SMILES string of the molecule is CCn1c(SC/C(O)=C(\C#N)c2nc3ccccc3[nH]2)nnc1C1CC1. The molecule has 2 aromatic heterocycles. The lowest BCUT2D eigenvalue weighted by atomic mass is 10.2. The second kappa shape index (κ2) is 6.84. The van der Waals surface area contributed by atoms with E-state index in [2.05, 4.69) is 37.7 Å². The summed E-state index contributed by atoms with van der Waals surface area (Å²) in [6.07, 6.45) is 2.33. The fraction of sp³-hybridized carbons (Fsp3) is 0.333. The van der Waals surface area contributed by atoms with Gasteiger partial charge in [0.1, 0.15) is 23.2 Å². The topological polar surface area (TPSA) is 103 Å². The zero-order chi connectivity index (χ0) is 18.1. The van der Waals surface area contributed by atoms with Gasteiger partial charge < -0.3 is 14.7 Å².